The molecule has 0 radical (unpaired) electrons. The molecule has 0 aliphatic heterocycles. The van der Waals surface area contributed by atoms with Crippen molar-refractivity contribution in [2.45, 2.75) is 51.4 Å². The quantitative estimate of drug-likeness (QED) is 0.817. The molecule has 2 atom stereocenters. The first kappa shape index (κ1) is 13.8. The Balaban J connectivity index is 2.57. The maximum Gasteiger partial charge on any atom is 0.411 e. The molecule has 16 heavy (non-hydrogen) atoms. The molecule has 0 bridgehead atoms. The fourth-order valence-electron chi connectivity index (χ4n) is 2.54. The van der Waals surface area contributed by atoms with Gasteiger partial charge in [0.05, 0.1) is 6.10 Å². The molecule has 5 heteroatoms. The average Bonchev–Trinajstić information content (AvgIpc) is 2.12. The first-order chi connectivity index (χ1) is 7.26. The van der Waals surface area contributed by atoms with Gasteiger partial charge in [0.2, 0.25) is 0 Å². The first-order valence-electron chi connectivity index (χ1n) is 5.62. The van der Waals surface area contributed by atoms with E-state index in [0.29, 0.717) is 6.42 Å². The normalized spacial score (nSPS) is 30.4. The highest BCUT2D eigenvalue weighted by atomic mass is 19.4. The third-order valence-electron chi connectivity index (χ3n) is 3.30. The Morgan fingerprint density at radius 2 is 2.00 bits per heavy atom. The molecule has 0 amide bonds. The zero-order valence-corrected chi connectivity index (χ0v) is 10.0. The van der Waals surface area contributed by atoms with Crippen LogP contribution in [0.3, 0.4) is 0 Å². The van der Waals surface area contributed by atoms with Gasteiger partial charge in [0.1, 0.15) is 6.61 Å². The number of nitrogens with one attached hydrogen (secondary N) is 1. The summed E-state index contributed by atoms with van der Waals surface area (Å²) in [5.41, 5.74) is -0.0106. The molecular formula is C11H20F3NO. The van der Waals surface area contributed by atoms with Crippen LogP contribution in [0.15, 0.2) is 0 Å². The number of alkyl halides is 3. The highest BCUT2D eigenvalue weighted by molar-refractivity contribution is 4.93. The lowest BCUT2D eigenvalue weighted by molar-refractivity contribution is -0.194. The molecule has 1 fully saturated rings. The molecule has 0 spiro atoms. The maximum absolute atomic E-state index is 12.1. The van der Waals surface area contributed by atoms with Gasteiger partial charge in [-0.3, -0.25) is 0 Å². The number of hydrogen-bond acceptors (Lipinski definition) is 2. The van der Waals surface area contributed by atoms with Gasteiger partial charge in [0.15, 0.2) is 0 Å². The van der Waals surface area contributed by atoms with Crippen LogP contribution in [-0.4, -0.2) is 32.0 Å². The average molecular weight is 239 g/mol. The molecule has 0 heterocycles. The fraction of sp³-hybridized carbons (Fsp3) is 1.00. The summed E-state index contributed by atoms with van der Waals surface area (Å²) in [4.78, 5) is 0. The summed E-state index contributed by atoms with van der Waals surface area (Å²) in [5, 5.41) is 3.09. The number of hydrogen-bond donors (Lipinski definition) is 1. The van der Waals surface area contributed by atoms with Crippen LogP contribution in [0, 0.1) is 5.41 Å². The van der Waals surface area contributed by atoms with E-state index in [0.717, 1.165) is 12.8 Å². The smallest absolute Gasteiger partial charge is 0.367 e. The lowest BCUT2D eigenvalue weighted by atomic mass is 9.72. The summed E-state index contributed by atoms with van der Waals surface area (Å²) in [5.74, 6) is 0. The van der Waals surface area contributed by atoms with Gasteiger partial charge < -0.3 is 10.1 Å². The predicted molar refractivity (Wildman–Crippen MR) is 56.3 cm³/mol. The Labute approximate surface area is 94.5 Å². The monoisotopic (exact) mass is 239 g/mol. The van der Waals surface area contributed by atoms with Gasteiger partial charge in [-0.25, -0.2) is 0 Å². The summed E-state index contributed by atoms with van der Waals surface area (Å²) in [6.07, 6.45) is -1.93. The van der Waals surface area contributed by atoms with Crippen molar-refractivity contribution >= 4 is 0 Å². The van der Waals surface area contributed by atoms with Crippen molar-refractivity contribution in [1.29, 1.82) is 0 Å². The van der Waals surface area contributed by atoms with E-state index in [1.165, 1.54) is 0 Å². The molecule has 1 aliphatic rings. The molecule has 0 saturated heterocycles. The summed E-state index contributed by atoms with van der Waals surface area (Å²) < 4.78 is 41.3. The van der Waals surface area contributed by atoms with Crippen LogP contribution in [-0.2, 0) is 4.74 Å². The van der Waals surface area contributed by atoms with Crippen LogP contribution in [0.1, 0.15) is 33.1 Å². The Bertz CT molecular complexity index is 228. The van der Waals surface area contributed by atoms with Crippen molar-refractivity contribution in [3.63, 3.8) is 0 Å². The Hall–Kier alpha value is -0.290. The second kappa shape index (κ2) is 4.92. The zero-order chi connectivity index (χ0) is 12.4. The molecule has 1 aliphatic carbocycles. The van der Waals surface area contributed by atoms with Gasteiger partial charge in [-0.15, -0.1) is 0 Å². The molecule has 0 aromatic carbocycles. The van der Waals surface area contributed by atoms with Crippen molar-refractivity contribution in [1.82, 2.24) is 5.32 Å². The third-order valence-corrected chi connectivity index (χ3v) is 3.30. The van der Waals surface area contributed by atoms with Crippen LogP contribution in [0.5, 0.6) is 0 Å². The third kappa shape index (κ3) is 3.63. The van der Waals surface area contributed by atoms with Crippen LogP contribution < -0.4 is 5.32 Å². The molecule has 2 nitrogen and oxygen atoms in total. The van der Waals surface area contributed by atoms with Gasteiger partial charge in [0.25, 0.3) is 0 Å². The van der Waals surface area contributed by atoms with Gasteiger partial charge >= 0.3 is 6.18 Å². The molecule has 1 rings (SSSR count). The van der Waals surface area contributed by atoms with E-state index in [1.54, 1.807) is 7.05 Å². The number of likely N-dealkylation sites (N-methyl/N-ethyl adjacent to an activating group) is 1. The highest BCUT2D eigenvalue weighted by Crippen LogP contribution is 2.37. The molecule has 0 aromatic heterocycles. The molecule has 1 saturated carbocycles. The van der Waals surface area contributed by atoms with E-state index >= 15 is 0 Å². The molecule has 1 N–H and O–H groups in total. The topological polar surface area (TPSA) is 21.3 Å². The van der Waals surface area contributed by atoms with Crippen molar-refractivity contribution in [3.8, 4) is 0 Å². The minimum absolute atomic E-state index is 0.0106. The van der Waals surface area contributed by atoms with E-state index in [4.69, 9.17) is 4.74 Å². The molecule has 2 unspecified atom stereocenters. The van der Waals surface area contributed by atoms with Crippen molar-refractivity contribution in [3.05, 3.63) is 0 Å². The van der Waals surface area contributed by atoms with Crippen molar-refractivity contribution in [2.24, 2.45) is 5.41 Å². The SMILES string of the molecule is CNC1C(OCC(F)(F)F)CCCC1(C)C. The summed E-state index contributed by atoms with van der Waals surface area (Å²) >= 11 is 0. The zero-order valence-electron chi connectivity index (χ0n) is 10.0. The minimum Gasteiger partial charge on any atom is -0.367 e. The number of rotatable bonds is 3. The van der Waals surface area contributed by atoms with Crippen LogP contribution in [0.2, 0.25) is 0 Å². The standard InChI is InChI=1S/C11H20F3NO/c1-10(2)6-4-5-8(9(10)15-3)16-7-11(12,13)14/h8-9,15H,4-7H2,1-3H3. The van der Waals surface area contributed by atoms with Crippen LogP contribution >= 0.6 is 0 Å². The Kier molecular flexibility index (Phi) is 4.23. The lowest BCUT2D eigenvalue weighted by Gasteiger charge is -2.43. The first-order valence-corrected chi connectivity index (χ1v) is 5.62. The van der Waals surface area contributed by atoms with E-state index < -0.39 is 12.8 Å². The summed E-state index contributed by atoms with van der Waals surface area (Å²) in [7, 11) is 1.78. The van der Waals surface area contributed by atoms with E-state index in [2.05, 4.69) is 19.2 Å². The minimum atomic E-state index is -4.24. The van der Waals surface area contributed by atoms with E-state index in [1.807, 2.05) is 0 Å². The Morgan fingerprint density at radius 3 is 2.50 bits per heavy atom. The second-order valence-corrected chi connectivity index (χ2v) is 5.11. The number of ether oxygens (including phenoxy) is 1. The predicted octanol–water partition coefficient (Wildman–Crippen LogP) is 2.73. The summed E-state index contributed by atoms with van der Waals surface area (Å²) in [6.45, 7) is 2.99. The maximum atomic E-state index is 12.1. The van der Waals surface area contributed by atoms with Crippen molar-refractivity contribution in [2.75, 3.05) is 13.7 Å². The van der Waals surface area contributed by atoms with Crippen LogP contribution in [0.4, 0.5) is 13.2 Å². The Morgan fingerprint density at radius 1 is 1.38 bits per heavy atom. The molecular weight excluding hydrogens is 219 g/mol. The van der Waals surface area contributed by atoms with E-state index in [-0.39, 0.29) is 17.6 Å². The number of halogens is 3. The highest BCUT2D eigenvalue weighted by Gasteiger charge is 2.40. The summed E-state index contributed by atoms with van der Waals surface area (Å²) in [6, 6.07) is -0.0106. The van der Waals surface area contributed by atoms with E-state index in [9.17, 15) is 13.2 Å². The van der Waals surface area contributed by atoms with Gasteiger partial charge in [0, 0.05) is 6.04 Å². The van der Waals surface area contributed by atoms with Gasteiger partial charge in [-0.1, -0.05) is 20.3 Å². The fourth-order valence-corrected chi connectivity index (χ4v) is 2.54. The largest absolute Gasteiger partial charge is 0.411 e. The van der Waals surface area contributed by atoms with Gasteiger partial charge in [-0.2, -0.15) is 13.2 Å². The lowest BCUT2D eigenvalue weighted by Crippen LogP contribution is -2.52. The van der Waals surface area contributed by atoms with Crippen LogP contribution in [0.25, 0.3) is 0 Å². The molecule has 0 aromatic rings. The second-order valence-electron chi connectivity index (χ2n) is 5.11. The van der Waals surface area contributed by atoms with Gasteiger partial charge in [-0.05, 0) is 25.3 Å². The molecule has 96 valence electrons. The van der Waals surface area contributed by atoms with Crippen molar-refractivity contribution < 1.29 is 17.9 Å².